The van der Waals surface area contributed by atoms with Crippen molar-refractivity contribution < 1.29 is 43.9 Å². The summed E-state index contributed by atoms with van der Waals surface area (Å²) in [4.78, 5) is 27.9. The fourth-order valence-corrected chi connectivity index (χ4v) is 7.12. The van der Waals surface area contributed by atoms with E-state index in [4.69, 9.17) is 18.9 Å². The second-order valence-corrected chi connectivity index (χ2v) is 12.1. The van der Waals surface area contributed by atoms with E-state index in [0.717, 1.165) is 43.5 Å². The molecule has 0 aromatic heterocycles. The van der Waals surface area contributed by atoms with E-state index >= 15 is 0 Å². The maximum atomic E-state index is 13.7. The number of benzene rings is 1. The third-order valence-electron chi connectivity index (χ3n) is 9.09. The molecule has 1 spiro atoms. The molecule has 2 unspecified atom stereocenters. The van der Waals surface area contributed by atoms with Crippen molar-refractivity contribution in [1.29, 1.82) is 0 Å². The third-order valence-corrected chi connectivity index (χ3v) is 9.09. The van der Waals surface area contributed by atoms with Crippen molar-refractivity contribution in [3.05, 3.63) is 35.1 Å². The Morgan fingerprint density at radius 2 is 1.87 bits per heavy atom. The summed E-state index contributed by atoms with van der Waals surface area (Å²) in [5.74, 6) is -0.548. The highest BCUT2D eigenvalue weighted by Crippen LogP contribution is 2.59. The predicted molar refractivity (Wildman–Crippen MR) is 139 cm³/mol. The van der Waals surface area contributed by atoms with Crippen LogP contribution < -0.4 is 9.47 Å². The van der Waals surface area contributed by atoms with E-state index in [1.54, 1.807) is 13.8 Å². The first kappa shape index (κ1) is 27.7. The molecule has 214 valence electrons. The summed E-state index contributed by atoms with van der Waals surface area (Å²) in [6, 6.07) is 3.97. The molecular formula is C29H39NO9. The molecule has 10 nitrogen and oxygen atoms in total. The Kier molecular flexibility index (Phi) is 6.88. The number of ether oxygens (including phenoxy) is 4. The van der Waals surface area contributed by atoms with Crippen LogP contribution in [-0.2, 0) is 30.9 Å². The lowest BCUT2D eigenvalue weighted by Crippen LogP contribution is -2.59. The molecule has 1 aromatic rings. The molecule has 0 bridgehead atoms. The number of rotatable bonds is 9. The van der Waals surface area contributed by atoms with Gasteiger partial charge in [0.1, 0.15) is 5.76 Å². The Labute approximate surface area is 228 Å². The maximum absolute atomic E-state index is 13.7. The van der Waals surface area contributed by atoms with Gasteiger partial charge < -0.3 is 34.3 Å². The first-order valence-corrected chi connectivity index (χ1v) is 13.7. The van der Waals surface area contributed by atoms with Crippen molar-refractivity contribution in [1.82, 2.24) is 4.90 Å². The van der Waals surface area contributed by atoms with Crippen molar-refractivity contribution >= 4 is 11.9 Å². The van der Waals surface area contributed by atoms with Gasteiger partial charge in [-0.3, -0.25) is 9.69 Å². The number of hydrogen-bond donors (Lipinski definition) is 3. The van der Waals surface area contributed by atoms with Crippen LogP contribution in [0.1, 0.15) is 70.4 Å². The van der Waals surface area contributed by atoms with E-state index in [-0.39, 0.29) is 26.1 Å². The molecule has 4 atom stereocenters. The zero-order chi connectivity index (χ0) is 28.2. The smallest absolute Gasteiger partial charge is 0.339 e. The van der Waals surface area contributed by atoms with E-state index in [0.29, 0.717) is 17.3 Å². The first-order valence-electron chi connectivity index (χ1n) is 13.7. The van der Waals surface area contributed by atoms with Gasteiger partial charge in [-0.25, -0.2) is 4.79 Å². The minimum atomic E-state index is -2.26. The predicted octanol–water partition coefficient (Wildman–Crippen LogP) is 2.67. The van der Waals surface area contributed by atoms with Crippen molar-refractivity contribution in [2.24, 2.45) is 0 Å². The number of hydrogen-bond acceptors (Lipinski definition) is 9. The van der Waals surface area contributed by atoms with Crippen LogP contribution in [0, 0.1) is 0 Å². The molecule has 0 radical (unpaired) electrons. The Morgan fingerprint density at radius 1 is 1.15 bits per heavy atom. The number of aliphatic carboxylic acids is 1. The molecule has 0 saturated carbocycles. The zero-order valence-corrected chi connectivity index (χ0v) is 23.1. The van der Waals surface area contributed by atoms with Crippen LogP contribution in [-0.4, -0.2) is 82.0 Å². The number of carboxylic acids is 1. The number of fused-ring (bicyclic) bond motifs is 3. The number of carbonyl (C=O) groups is 2. The number of esters is 1. The topological polar surface area (TPSA) is 135 Å². The lowest BCUT2D eigenvalue weighted by Gasteiger charge is -2.48. The average molecular weight is 546 g/mol. The highest BCUT2D eigenvalue weighted by molar-refractivity contribution is 5.85. The van der Waals surface area contributed by atoms with Gasteiger partial charge in [-0.1, -0.05) is 0 Å². The quantitative estimate of drug-likeness (QED) is 0.398. The third kappa shape index (κ3) is 4.56. The van der Waals surface area contributed by atoms with Crippen molar-refractivity contribution in [2.75, 3.05) is 27.0 Å². The molecule has 3 heterocycles. The second-order valence-electron chi connectivity index (χ2n) is 12.1. The molecule has 1 fully saturated rings. The molecule has 3 N–H and O–H groups in total. The lowest BCUT2D eigenvalue weighted by atomic mass is 9.65. The highest BCUT2D eigenvalue weighted by atomic mass is 16.7. The molecule has 3 aliphatic heterocycles. The van der Waals surface area contributed by atoms with Crippen LogP contribution >= 0.6 is 0 Å². The lowest BCUT2D eigenvalue weighted by molar-refractivity contribution is -0.180. The van der Waals surface area contributed by atoms with Crippen LogP contribution in [0.2, 0.25) is 0 Å². The molecule has 1 aromatic carbocycles. The summed E-state index contributed by atoms with van der Waals surface area (Å²) in [5.41, 5.74) is -2.58. The largest absolute Gasteiger partial charge is 0.497 e. The van der Waals surface area contributed by atoms with Gasteiger partial charge in [-0.15, -0.1) is 0 Å². The van der Waals surface area contributed by atoms with Gasteiger partial charge >= 0.3 is 11.9 Å². The van der Waals surface area contributed by atoms with Gasteiger partial charge in [0.25, 0.3) is 0 Å². The average Bonchev–Trinajstić information content (AvgIpc) is 3.52. The van der Waals surface area contributed by atoms with Crippen molar-refractivity contribution in [2.45, 2.75) is 94.0 Å². The van der Waals surface area contributed by atoms with Crippen LogP contribution in [0.4, 0.5) is 0 Å². The first-order chi connectivity index (χ1) is 18.3. The minimum absolute atomic E-state index is 0.138. The summed E-state index contributed by atoms with van der Waals surface area (Å²) in [6.45, 7) is 7.12. The summed E-state index contributed by atoms with van der Waals surface area (Å²) in [6.07, 6.45) is 3.26. The van der Waals surface area contributed by atoms with Crippen LogP contribution in [0.15, 0.2) is 24.0 Å². The van der Waals surface area contributed by atoms with E-state index < -0.39 is 46.6 Å². The number of aliphatic hydroxyl groups is 2. The second kappa shape index (κ2) is 9.67. The molecule has 4 aliphatic rings. The molecule has 39 heavy (non-hydrogen) atoms. The van der Waals surface area contributed by atoms with Gasteiger partial charge in [-0.05, 0) is 95.2 Å². The van der Waals surface area contributed by atoms with Crippen LogP contribution in [0.5, 0.6) is 11.5 Å². The SMILES string of the molecule is COC1=C[C@]23CCCN2CCc2cc4c(cc2[C@]3(C)C1OC(=O)C(O)(CCCC(C)(C)O)CC(=O)O)OCO4. The molecule has 1 saturated heterocycles. The van der Waals surface area contributed by atoms with Crippen LogP contribution in [0.25, 0.3) is 0 Å². The van der Waals surface area contributed by atoms with E-state index in [1.807, 2.05) is 12.1 Å². The van der Waals surface area contributed by atoms with E-state index in [9.17, 15) is 24.9 Å². The van der Waals surface area contributed by atoms with Gasteiger partial charge in [0, 0.05) is 6.54 Å². The molecule has 10 heteroatoms. The number of carboxylic acid groups (broad SMARTS) is 1. The van der Waals surface area contributed by atoms with Crippen LogP contribution in [0.3, 0.4) is 0 Å². The van der Waals surface area contributed by atoms with Crippen molar-refractivity contribution in [3.8, 4) is 11.5 Å². The highest BCUT2D eigenvalue weighted by Gasteiger charge is 2.66. The van der Waals surface area contributed by atoms with Gasteiger partial charge in [0.2, 0.25) is 6.79 Å². The molecule has 0 amide bonds. The summed E-state index contributed by atoms with van der Waals surface area (Å²) in [7, 11) is 1.53. The van der Waals surface area contributed by atoms with Gasteiger partial charge in [0.05, 0.1) is 30.1 Å². The monoisotopic (exact) mass is 545 g/mol. The summed E-state index contributed by atoms with van der Waals surface area (Å²) in [5, 5.41) is 31.0. The van der Waals surface area contributed by atoms with Gasteiger partial charge in [0.15, 0.2) is 23.2 Å². The fourth-order valence-electron chi connectivity index (χ4n) is 7.12. The Balaban J connectivity index is 1.55. The maximum Gasteiger partial charge on any atom is 0.339 e. The van der Waals surface area contributed by atoms with E-state index in [2.05, 4.69) is 17.9 Å². The number of carbonyl (C=O) groups excluding carboxylic acids is 1. The zero-order valence-electron chi connectivity index (χ0n) is 23.1. The summed E-state index contributed by atoms with van der Waals surface area (Å²) < 4.78 is 23.4. The standard InChI is InChI=1S/C29H39NO9/c1-26(2,34)8-5-9-28(35,16-23(31)32)25(33)39-24-22(36-4)15-29-10-6-11-30(29)12-7-18-13-20-21(38-17-37-20)14-19(18)27(24,29)3/h13-15,24,34-35H,5-12,16-17H2,1-4H3,(H,31,32)/t24?,27-,28?,29+/m1/s1. The minimum Gasteiger partial charge on any atom is -0.497 e. The van der Waals surface area contributed by atoms with Gasteiger partial charge in [-0.2, -0.15) is 0 Å². The molecule has 1 aliphatic carbocycles. The number of nitrogens with zero attached hydrogens (tertiary/aromatic N) is 1. The van der Waals surface area contributed by atoms with E-state index in [1.165, 1.54) is 7.11 Å². The Hall–Kier alpha value is -2.82. The fraction of sp³-hybridized carbons (Fsp3) is 0.655. The molecule has 5 rings (SSSR count). The summed E-state index contributed by atoms with van der Waals surface area (Å²) >= 11 is 0. The number of methoxy groups -OCH3 is 1. The normalized spacial score (nSPS) is 29.0. The Bertz CT molecular complexity index is 1190. The molecular weight excluding hydrogens is 506 g/mol. The Morgan fingerprint density at radius 3 is 2.54 bits per heavy atom. The van der Waals surface area contributed by atoms with Crippen molar-refractivity contribution in [3.63, 3.8) is 0 Å².